The molecule has 2 amide bonds. The van der Waals surface area contributed by atoms with E-state index in [2.05, 4.69) is 23.7 Å². The van der Waals surface area contributed by atoms with Crippen LogP contribution in [0, 0.1) is 11.3 Å². The molecule has 1 saturated carbocycles. The Bertz CT molecular complexity index is 1570. The predicted octanol–water partition coefficient (Wildman–Crippen LogP) is 4.35. The largest absolute Gasteiger partial charge is 0.434 e. The van der Waals surface area contributed by atoms with Gasteiger partial charge in [0, 0.05) is 44.2 Å². The van der Waals surface area contributed by atoms with Crippen molar-refractivity contribution in [3.8, 4) is 11.8 Å². The highest BCUT2D eigenvalue weighted by Crippen LogP contribution is 2.41. The summed E-state index contributed by atoms with van der Waals surface area (Å²) in [6.07, 6.45) is 0.612. The molecule has 1 aromatic carbocycles. The van der Waals surface area contributed by atoms with E-state index >= 15 is 0 Å². The molecule has 4 heterocycles. The van der Waals surface area contributed by atoms with Gasteiger partial charge in [0.2, 0.25) is 5.91 Å². The molecule has 0 N–H and O–H groups in total. The molecule has 0 radical (unpaired) electrons. The Morgan fingerprint density at radius 3 is 2.52 bits per heavy atom. The van der Waals surface area contributed by atoms with Crippen LogP contribution >= 0.6 is 0 Å². The van der Waals surface area contributed by atoms with Gasteiger partial charge in [-0.3, -0.25) is 9.59 Å². The van der Waals surface area contributed by atoms with Crippen LogP contribution in [0.15, 0.2) is 49.2 Å². The molecule has 2 aromatic heterocycles. The number of carbonyl (C=O) groups excluding carboxylic acids is 2. The first kappa shape index (κ1) is 25.8. The van der Waals surface area contributed by atoms with Crippen LogP contribution in [0.3, 0.4) is 0 Å². The molecule has 40 heavy (non-hydrogen) atoms. The topological polar surface area (TPSA) is 95.1 Å². The molecule has 0 bridgehead atoms. The van der Waals surface area contributed by atoms with E-state index in [-0.39, 0.29) is 24.6 Å². The maximum Gasteiger partial charge on any atom is 0.434 e. The summed E-state index contributed by atoms with van der Waals surface area (Å²) in [6.45, 7) is 4.41. The van der Waals surface area contributed by atoms with Gasteiger partial charge < -0.3 is 9.80 Å². The van der Waals surface area contributed by atoms with Gasteiger partial charge in [-0.25, -0.2) is 9.67 Å². The van der Waals surface area contributed by atoms with E-state index in [4.69, 9.17) is 5.10 Å². The summed E-state index contributed by atoms with van der Waals surface area (Å²) >= 11 is 0. The molecule has 1 atom stereocenters. The van der Waals surface area contributed by atoms with Crippen molar-refractivity contribution in [1.29, 1.82) is 5.26 Å². The zero-order valence-electron chi connectivity index (χ0n) is 21.5. The normalized spacial score (nSPS) is 18.5. The molecule has 3 aromatic rings. The standard InChI is InChI=1S/C29H25F3N6O2/c1-2-25(39)36-11-9-22-26-23(38(35-22)21-7-5-18(6-8-21)17-3-4-17)10-12-37(24(26)16-36)28(40)20-13-19(14-33)27(34-15-20)29(30,31)32/h2,5-8,13,15,17,24H,1,3-4,9-12,16H2. The van der Waals surface area contributed by atoms with Gasteiger partial charge in [-0.2, -0.15) is 23.5 Å². The fraction of sp³-hybridized carbons (Fsp3) is 0.345. The number of benzene rings is 1. The minimum absolute atomic E-state index is 0.122. The van der Waals surface area contributed by atoms with Crippen LogP contribution in [0.5, 0.6) is 0 Å². The number of aromatic nitrogens is 3. The van der Waals surface area contributed by atoms with E-state index < -0.39 is 29.4 Å². The second-order valence-corrected chi connectivity index (χ2v) is 10.3. The smallest absolute Gasteiger partial charge is 0.336 e. The summed E-state index contributed by atoms with van der Waals surface area (Å²) < 4.78 is 41.8. The lowest BCUT2D eigenvalue weighted by molar-refractivity contribution is -0.141. The van der Waals surface area contributed by atoms with Crippen molar-refractivity contribution in [3.05, 3.63) is 88.5 Å². The first-order chi connectivity index (χ1) is 19.2. The molecular weight excluding hydrogens is 521 g/mol. The highest BCUT2D eigenvalue weighted by molar-refractivity contribution is 5.95. The van der Waals surface area contributed by atoms with Crippen molar-refractivity contribution >= 4 is 11.8 Å². The Kier molecular flexibility index (Phi) is 6.21. The van der Waals surface area contributed by atoms with Crippen molar-refractivity contribution in [3.63, 3.8) is 0 Å². The first-order valence-electron chi connectivity index (χ1n) is 13.1. The van der Waals surface area contributed by atoms with Crippen LogP contribution in [0.1, 0.15) is 68.9 Å². The van der Waals surface area contributed by atoms with Crippen LogP contribution in [0.25, 0.3) is 5.69 Å². The zero-order chi connectivity index (χ0) is 28.2. The van der Waals surface area contributed by atoms with E-state index in [1.165, 1.54) is 30.6 Å². The summed E-state index contributed by atoms with van der Waals surface area (Å²) in [5.74, 6) is -0.217. The second kappa shape index (κ2) is 9.62. The number of hydrogen-bond acceptors (Lipinski definition) is 5. The van der Waals surface area contributed by atoms with Crippen LogP contribution in [0.2, 0.25) is 0 Å². The van der Waals surface area contributed by atoms with Crippen molar-refractivity contribution in [2.75, 3.05) is 19.6 Å². The molecule has 0 saturated heterocycles. The Hall–Kier alpha value is -4.46. The summed E-state index contributed by atoms with van der Waals surface area (Å²) in [5.41, 5.74) is 2.61. The molecular formula is C29H25F3N6O2. The predicted molar refractivity (Wildman–Crippen MR) is 137 cm³/mol. The van der Waals surface area contributed by atoms with E-state index in [1.54, 1.807) is 9.80 Å². The van der Waals surface area contributed by atoms with E-state index in [0.29, 0.717) is 25.3 Å². The van der Waals surface area contributed by atoms with Gasteiger partial charge in [-0.15, -0.1) is 0 Å². The number of hydrogen-bond donors (Lipinski definition) is 0. The maximum absolute atomic E-state index is 13.7. The first-order valence-corrected chi connectivity index (χ1v) is 13.1. The quantitative estimate of drug-likeness (QED) is 0.454. The summed E-state index contributed by atoms with van der Waals surface area (Å²) in [7, 11) is 0. The SMILES string of the molecule is C=CC(=O)N1CCc2nn(-c3ccc(C4CC4)cc3)c3c2C(C1)N(C(=O)c1cnc(C(F)(F)F)c(C#N)c1)CC3. The van der Waals surface area contributed by atoms with Gasteiger partial charge in [0.1, 0.15) is 6.07 Å². The molecule has 0 spiro atoms. The Labute approximate surface area is 228 Å². The number of nitriles is 1. The maximum atomic E-state index is 13.7. The fourth-order valence-corrected chi connectivity index (χ4v) is 5.74. The monoisotopic (exact) mass is 546 g/mol. The third-order valence-corrected chi connectivity index (χ3v) is 7.87. The molecule has 204 valence electrons. The lowest BCUT2D eigenvalue weighted by Crippen LogP contribution is -2.46. The molecule has 3 aliphatic rings. The van der Waals surface area contributed by atoms with E-state index in [0.717, 1.165) is 34.9 Å². The fourth-order valence-electron chi connectivity index (χ4n) is 5.74. The van der Waals surface area contributed by atoms with E-state index in [9.17, 15) is 28.0 Å². The summed E-state index contributed by atoms with van der Waals surface area (Å²) in [6, 6.07) is 10.2. The third-order valence-electron chi connectivity index (χ3n) is 7.87. The number of nitrogens with zero attached hydrogens (tertiary/aromatic N) is 6. The number of alkyl halides is 3. The molecule has 2 aliphatic heterocycles. The Morgan fingerprint density at radius 1 is 1.12 bits per heavy atom. The van der Waals surface area contributed by atoms with Crippen molar-refractivity contribution in [2.45, 2.75) is 43.8 Å². The highest BCUT2D eigenvalue weighted by atomic mass is 19.4. The lowest BCUT2D eigenvalue weighted by atomic mass is 9.94. The van der Waals surface area contributed by atoms with Gasteiger partial charge in [-0.1, -0.05) is 18.7 Å². The molecule has 8 nitrogen and oxygen atoms in total. The summed E-state index contributed by atoms with van der Waals surface area (Å²) in [4.78, 5) is 32.9. The molecule has 6 rings (SSSR count). The highest BCUT2D eigenvalue weighted by Gasteiger charge is 2.41. The van der Waals surface area contributed by atoms with Crippen molar-refractivity contribution in [2.24, 2.45) is 0 Å². The van der Waals surface area contributed by atoms with Crippen LogP contribution in [-0.4, -0.2) is 56.0 Å². The summed E-state index contributed by atoms with van der Waals surface area (Å²) in [5, 5.41) is 14.2. The minimum atomic E-state index is -4.82. The molecule has 11 heteroatoms. The van der Waals surface area contributed by atoms with Crippen molar-refractivity contribution in [1.82, 2.24) is 24.6 Å². The van der Waals surface area contributed by atoms with Gasteiger partial charge in [0.25, 0.3) is 5.91 Å². The third kappa shape index (κ3) is 4.43. The lowest BCUT2D eigenvalue weighted by Gasteiger charge is -2.37. The molecule has 1 unspecified atom stereocenters. The van der Waals surface area contributed by atoms with E-state index in [1.807, 2.05) is 16.8 Å². The second-order valence-electron chi connectivity index (χ2n) is 10.3. The Morgan fingerprint density at radius 2 is 1.88 bits per heavy atom. The Balaban J connectivity index is 1.39. The van der Waals surface area contributed by atoms with Crippen molar-refractivity contribution < 1.29 is 22.8 Å². The number of halogens is 3. The van der Waals surface area contributed by atoms with Gasteiger partial charge >= 0.3 is 6.18 Å². The van der Waals surface area contributed by atoms with Crippen LogP contribution < -0.4 is 0 Å². The average Bonchev–Trinajstić information content (AvgIpc) is 3.77. The van der Waals surface area contributed by atoms with Gasteiger partial charge in [-0.05, 0) is 48.6 Å². The minimum Gasteiger partial charge on any atom is -0.336 e. The van der Waals surface area contributed by atoms with Gasteiger partial charge in [0.05, 0.1) is 34.2 Å². The average molecular weight is 547 g/mol. The van der Waals surface area contributed by atoms with Gasteiger partial charge in [0.15, 0.2) is 5.69 Å². The number of amides is 2. The molecule has 1 aliphatic carbocycles. The van der Waals surface area contributed by atoms with Crippen LogP contribution in [-0.2, 0) is 23.8 Å². The number of carbonyl (C=O) groups is 2. The number of pyridine rings is 1. The molecule has 1 fully saturated rings. The zero-order valence-corrected chi connectivity index (χ0v) is 21.5. The number of rotatable bonds is 4. The van der Waals surface area contributed by atoms with Crippen LogP contribution in [0.4, 0.5) is 13.2 Å².